The molecule has 3 aromatic rings. The van der Waals surface area contributed by atoms with Gasteiger partial charge in [-0.2, -0.15) is 0 Å². The monoisotopic (exact) mass is 983 g/mol. The third-order valence-electron chi connectivity index (χ3n) is 10.0. The van der Waals surface area contributed by atoms with Crippen molar-refractivity contribution in [3.8, 4) is 0 Å². The van der Waals surface area contributed by atoms with E-state index in [1.54, 1.807) is 30.3 Å². The van der Waals surface area contributed by atoms with Crippen molar-refractivity contribution < 1.29 is 68.4 Å². The number of aromatic amines is 2. The number of carbonyl (C=O) groups is 10. The molecule has 2 heterocycles. The second kappa shape index (κ2) is 28.0. The molecule has 0 unspecified atom stereocenters. The van der Waals surface area contributed by atoms with Crippen molar-refractivity contribution in [2.24, 2.45) is 22.2 Å². The molecule has 0 fully saturated rings. The molecular weight excluding hydrogens is 927 g/mol. The fourth-order valence-corrected chi connectivity index (χ4v) is 6.35. The van der Waals surface area contributed by atoms with Crippen LogP contribution in [0.1, 0.15) is 49.6 Å². The highest BCUT2D eigenvalue weighted by Crippen LogP contribution is 2.10. The normalized spacial score (nSPS) is 14.3. The zero-order valence-electron chi connectivity index (χ0n) is 37.6. The summed E-state index contributed by atoms with van der Waals surface area (Å²) in [5.41, 5.74) is 17.6. The molecule has 0 radical (unpaired) electrons. The number of hydrogen-bond acceptors (Lipinski definition) is 15. The second-order valence-electron chi connectivity index (χ2n) is 15.6. The van der Waals surface area contributed by atoms with Crippen molar-refractivity contribution >= 4 is 65.2 Å². The first-order valence-corrected chi connectivity index (χ1v) is 21.4. The number of aromatic nitrogens is 4. The minimum atomic E-state index is -1.92. The molecule has 0 saturated carbocycles. The first-order valence-electron chi connectivity index (χ1n) is 21.4. The predicted octanol–water partition coefficient (Wildman–Crippen LogP) is -6.02. The maximum Gasteiger partial charge on any atom is 0.325 e. The van der Waals surface area contributed by atoms with E-state index in [0.717, 1.165) is 6.92 Å². The van der Waals surface area contributed by atoms with Crippen molar-refractivity contribution in [3.63, 3.8) is 0 Å². The van der Waals surface area contributed by atoms with Gasteiger partial charge in [0.2, 0.25) is 41.4 Å². The van der Waals surface area contributed by atoms with Gasteiger partial charge in [-0.15, -0.1) is 0 Å². The fourth-order valence-electron chi connectivity index (χ4n) is 6.35. The van der Waals surface area contributed by atoms with Gasteiger partial charge in [0.25, 0.3) is 0 Å². The molecule has 0 aliphatic carbocycles. The number of hydrogen-bond donors (Lipinski definition) is 16. The largest absolute Gasteiger partial charge is 0.481 e. The molecule has 7 amide bonds. The van der Waals surface area contributed by atoms with E-state index in [1.807, 2.05) is 0 Å². The summed E-state index contributed by atoms with van der Waals surface area (Å²) in [7, 11) is 0. The van der Waals surface area contributed by atoms with E-state index in [2.05, 4.69) is 62.1 Å². The van der Waals surface area contributed by atoms with Crippen LogP contribution in [0.2, 0.25) is 0 Å². The fraction of sp³-hybridized carbons (Fsp3) is 0.439. The first-order chi connectivity index (χ1) is 33.2. The third-order valence-corrected chi connectivity index (χ3v) is 10.0. The number of aliphatic hydroxyl groups is 1. The predicted molar refractivity (Wildman–Crippen MR) is 241 cm³/mol. The summed E-state index contributed by atoms with van der Waals surface area (Å²) in [4.78, 5) is 148. The lowest BCUT2D eigenvalue weighted by atomic mass is 10.0. The number of guanidine groups is 1. The van der Waals surface area contributed by atoms with Crippen LogP contribution in [0, 0.1) is 0 Å². The summed E-state index contributed by atoms with van der Waals surface area (Å²) < 4.78 is 0. The Labute approximate surface area is 398 Å². The average Bonchev–Trinajstić information content (AvgIpc) is 4.03. The number of carboxylic acid groups (broad SMARTS) is 3. The van der Waals surface area contributed by atoms with E-state index in [4.69, 9.17) is 17.2 Å². The molecule has 29 nitrogen and oxygen atoms in total. The number of nitrogens with two attached hydrogens (primary N) is 3. The molecule has 29 heteroatoms. The molecule has 3 rings (SSSR count). The van der Waals surface area contributed by atoms with Gasteiger partial charge in [0.1, 0.15) is 48.3 Å². The molecular formula is C41H57N15O14. The van der Waals surface area contributed by atoms with Crippen molar-refractivity contribution in [2.45, 2.75) is 100 Å². The number of carboxylic acids is 3. The number of H-pyrrole nitrogens is 2. The minimum absolute atomic E-state index is 0.0118. The molecule has 1 aromatic carbocycles. The minimum Gasteiger partial charge on any atom is -0.481 e. The third kappa shape index (κ3) is 19.4. The quantitative estimate of drug-likeness (QED) is 0.0168. The highest BCUT2D eigenvalue weighted by molar-refractivity contribution is 5.99. The van der Waals surface area contributed by atoms with Crippen molar-refractivity contribution in [1.82, 2.24) is 57.2 Å². The Morgan fingerprint density at radius 3 is 1.44 bits per heavy atom. The number of aliphatic hydroxyl groups excluding tert-OH is 1. The van der Waals surface area contributed by atoms with Gasteiger partial charge in [0, 0.05) is 49.6 Å². The molecule has 19 N–H and O–H groups in total. The van der Waals surface area contributed by atoms with Gasteiger partial charge >= 0.3 is 17.9 Å². The van der Waals surface area contributed by atoms with E-state index in [1.165, 1.54) is 25.0 Å². The zero-order chi connectivity index (χ0) is 51.9. The van der Waals surface area contributed by atoms with Gasteiger partial charge in [-0.3, -0.25) is 52.9 Å². The van der Waals surface area contributed by atoms with Crippen LogP contribution in [-0.2, 0) is 67.2 Å². The van der Waals surface area contributed by atoms with Gasteiger partial charge in [0.05, 0.1) is 32.1 Å². The van der Waals surface area contributed by atoms with Crippen LogP contribution in [-0.4, -0.2) is 167 Å². The average molecular weight is 984 g/mol. The Kier molecular flexibility index (Phi) is 22.3. The SMILES string of the molecule is C[C@H](NC(=O)[C@H](Cc1cnc[nH]1)NC(=O)[C@H](CC(=O)O)NC(=O)[C@H](CCCN=C(N)N)NC(=O)[C@H](Cc1ccccc1)NC(=O)[C@H](CC(=O)O)NC(=O)[C@H](Cc1cnc[nH]1)NC(=O)[C@@H](N)CO)C(=O)O. The number of amides is 7. The summed E-state index contributed by atoms with van der Waals surface area (Å²) in [5.74, 6) is -12.5. The van der Waals surface area contributed by atoms with Crippen LogP contribution in [0.25, 0.3) is 0 Å². The molecule has 8 atom stereocenters. The van der Waals surface area contributed by atoms with Gasteiger partial charge in [0.15, 0.2) is 5.96 Å². The number of nitrogens with zero attached hydrogens (tertiary/aromatic N) is 3. The number of imidazole rings is 2. The maximum atomic E-state index is 14.3. The lowest BCUT2D eigenvalue weighted by molar-refractivity contribution is -0.143. The number of aliphatic imine (C=N–C) groups is 1. The molecule has 0 aliphatic heterocycles. The van der Waals surface area contributed by atoms with Gasteiger partial charge in [-0.05, 0) is 25.3 Å². The standard InChI is InChI=1S/C41H57N15O14/c1-20(40(69)70)50-35(64)27(11-22-15-45-18-48-22)54-39(68)29(13-31(58)59)55-34(63)25(8-5-9-47-41(43)44)51-36(65)26(10-21-6-3-2-4-7-21)53-38(67)30(14-32(60)61)56-37(66)28(12-23-16-46-19-49-23)52-33(62)24(42)17-57/h2-4,6-7,15-16,18-20,24-30,57H,5,8-14,17,42H2,1H3,(H,45,48)(H,46,49)(H,50,64)(H,51,65)(H,52,62)(H,53,67)(H,54,68)(H,55,63)(H,56,66)(H,58,59)(H,60,61)(H,69,70)(H4,43,44,47)/t20-,24-,25-,26-,27-,28-,29-,30-/m0/s1. The molecule has 0 aliphatic rings. The van der Waals surface area contributed by atoms with Gasteiger partial charge < -0.3 is 84.8 Å². The number of aliphatic carboxylic acids is 3. The number of benzene rings is 1. The molecule has 0 bridgehead atoms. The molecule has 0 spiro atoms. The van der Waals surface area contributed by atoms with E-state index in [0.29, 0.717) is 17.0 Å². The Hall–Kier alpha value is -8.47. The lowest BCUT2D eigenvalue weighted by Crippen LogP contribution is -2.61. The topological polar surface area (TPSA) is 484 Å². The second-order valence-corrected chi connectivity index (χ2v) is 15.6. The Bertz CT molecular complexity index is 2290. The van der Waals surface area contributed by atoms with Crippen LogP contribution in [0.15, 0.2) is 60.4 Å². The maximum absolute atomic E-state index is 14.3. The number of rotatable bonds is 30. The van der Waals surface area contributed by atoms with E-state index >= 15 is 0 Å². The summed E-state index contributed by atoms with van der Waals surface area (Å²) in [6, 6.07) is -4.93. The summed E-state index contributed by atoms with van der Waals surface area (Å²) in [6.45, 7) is 0.282. The molecule has 380 valence electrons. The summed E-state index contributed by atoms with van der Waals surface area (Å²) in [6.07, 6.45) is 1.97. The first kappa shape index (κ1) is 55.9. The number of carbonyl (C=O) groups excluding carboxylic acids is 7. The van der Waals surface area contributed by atoms with E-state index in [9.17, 15) is 68.4 Å². The van der Waals surface area contributed by atoms with Crippen LogP contribution in [0.4, 0.5) is 0 Å². The Morgan fingerprint density at radius 1 is 0.600 bits per heavy atom. The number of nitrogens with one attached hydrogen (secondary N) is 9. The van der Waals surface area contributed by atoms with Crippen molar-refractivity contribution in [3.05, 3.63) is 72.3 Å². The van der Waals surface area contributed by atoms with Crippen LogP contribution >= 0.6 is 0 Å². The van der Waals surface area contributed by atoms with Gasteiger partial charge in [-0.25, -0.2) is 9.97 Å². The molecule has 0 saturated heterocycles. The van der Waals surface area contributed by atoms with Crippen molar-refractivity contribution in [2.75, 3.05) is 13.2 Å². The summed E-state index contributed by atoms with van der Waals surface area (Å²) >= 11 is 0. The van der Waals surface area contributed by atoms with Crippen molar-refractivity contribution in [1.29, 1.82) is 0 Å². The van der Waals surface area contributed by atoms with E-state index in [-0.39, 0.29) is 44.6 Å². The summed E-state index contributed by atoms with van der Waals surface area (Å²) in [5, 5.41) is 54.5. The zero-order valence-corrected chi connectivity index (χ0v) is 37.6. The van der Waals surface area contributed by atoms with Crippen LogP contribution in [0.5, 0.6) is 0 Å². The molecule has 70 heavy (non-hydrogen) atoms. The molecule has 2 aromatic heterocycles. The highest BCUT2D eigenvalue weighted by Gasteiger charge is 2.36. The van der Waals surface area contributed by atoms with E-state index < -0.39 is 127 Å². The smallest absolute Gasteiger partial charge is 0.325 e. The highest BCUT2D eigenvalue weighted by atomic mass is 16.4. The lowest BCUT2D eigenvalue weighted by Gasteiger charge is -2.27. The Morgan fingerprint density at radius 2 is 1.01 bits per heavy atom. The Balaban J connectivity index is 1.95. The van der Waals surface area contributed by atoms with Gasteiger partial charge in [-0.1, -0.05) is 30.3 Å². The van der Waals surface area contributed by atoms with Crippen LogP contribution in [0.3, 0.4) is 0 Å². The van der Waals surface area contributed by atoms with Crippen LogP contribution < -0.4 is 54.4 Å².